The van der Waals surface area contributed by atoms with Gasteiger partial charge in [-0.25, -0.2) is 4.99 Å². The monoisotopic (exact) mass is 426 g/mol. The lowest BCUT2D eigenvalue weighted by atomic mass is 10.1. The van der Waals surface area contributed by atoms with Gasteiger partial charge in [-0.3, -0.25) is 14.5 Å². The number of carbonyl (C=O) groups excluding carboxylic acids is 1. The Labute approximate surface area is 178 Å². The number of aliphatic carboxylic acids is 1. The number of para-hydroxylation sites is 2. The third-order valence-electron chi connectivity index (χ3n) is 4.36. The van der Waals surface area contributed by atoms with Crippen molar-refractivity contribution in [2.45, 2.75) is 25.5 Å². The second kappa shape index (κ2) is 9.49. The molecule has 1 aliphatic heterocycles. The number of hydrogen-bond acceptors (Lipinski definition) is 6. The summed E-state index contributed by atoms with van der Waals surface area (Å²) in [6.07, 6.45) is 1.86. The van der Waals surface area contributed by atoms with Crippen LogP contribution >= 0.6 is 11.8 Å². The predicted octanol–water partition coefficient (Wildman–Crippen LogP) is 4.13. The van der Waals surface area contributed by atoms with E-state index in [1.165, 1.54) is 11.0 Å². The largest absolute Gasteiger partial charge is 0.504 e. The first-order valence-corrected chi connectivity index (χ1v) is 10.4. The number of rotatable bonds is 7. The molecule has 2 N–H and O–H groups in total. The number of carbonyl (C=O) groups is 2. The Hall–Kier alpha value is -3.26. The minimum Gasteiger partial charge on any atom is -0.504 e. The first-order chi connectivity index (χ1) is 14.5. The predicted molar refractivity (Wildman–Crippen MR) is 118 cm³/mol. The summed E-state index contributed by atoms with van der Waals surface area (Å²) in [5.74, 6) is -1.14. The number of thioether (sulfide) groups is 1. The molecule has 0 aliphatic carbocycles. The zero-order valence-corrected chi connectivity index (χ0v) is 17.4. The van der Waals surface area contributed by atoms with Crippen molar-refractivity contribution in [3.8, 4) is 11.5 Å². The molecule has 0 fully saturated rings. The van der Waals surface area contributed by atoms with Gasteiger partial charge in [0.05, 0.1) is 12.3 Å². The van der Waals surface area contributed by atoms with Gasteiger partial charge in [0.25, 0.3) is 5.91 Å². The molecule has 3 rings (SSSR count). The van der Waals surface area contributed by atoms with Crippen LogP contribution in [-0.4, -0.2) is 39.1 Å². The van der Waals surface area contributed by atoms with Crippen molar-refractivity contribution in [2.75, 3.05) is 11.5 Å². The molecule has 8 heteroatoms. The van der Waals surface area contributed by atoms with Crippen molar-refractivity contribution in [3.63, 3.8) is 0 Å². The third-order valence-corrected chi connectivity index (χ3v) is 5.66. The Kier molecular flexibility index (Phi) is 6.79. The Morgan fingerprint density at radius 2 is 1.93 bits per heavy atom. The summed E-state index contributed by atoms with van der Waals surface area (Å²) in [5, 5.41) is 19.4. The van der Waals surface area contributed by atoms with Crippen LogP contribution in [0.15, 0.2) is 59.2 Å². The number of amidine groups is 1. The van der Waals surface area contributed by atoms with Crippen molar-refractivity contribution in [1.82, 2.24) is 0 Å². The molecular formula is C22H22N2O5S. The molecule has 30 heavy (non-hydrogen) atoms. The SMILES string of the molecule is CCOc1cccc(/C=C2/N=C(SC(CC)C(=O)O)N(c3ccccc3)C2=O)c1O. The number of hydrogen-bond donors (Lipinski definition) is 2. The van der Waals surface area contributed by atoms with E-state index in [9.17, 15) is 19.8 Å². The van der Waals surface area contributed by atoms with Gasteiger partial charge >= 0.3 is 5.97 Å². The summed E-state index contributed by atoms with van der Waals surface area (Å²) < 4.78 is 5.39. The number of phenols is 1. The van der Waals surface area contributed by atoms with Gasteiger partial charge in [-0.2, -0.15) is 0 Å². The number of amides is 1. The Morgan fingerprint density at radius 3 is 2.57 bits per heavy atom. The highest BCUT2D eigenvalue weighted by atomic mass is 32.2. The summed E-state index contributed by atoms with van der Waals surface area (Å²) >= 11 is 1.02. The van der Waals surface area contributed by atoms with Crippen LogP contribution in [0.25, 0.3) is 6.08 Å². The number of benzene rings is 2. The van der Waals surface area contributed by atoms with Crippen molar-refractivity contribution in [2.24, 2.45) is 4.99 Å². The van der Waals surface area contributed by atoms with Gasteiger partial charge < -0.3 is 14.9 Å². The third kappa shape index (κ3) is 4.49. The van der Waals surface area contributed by atoms with Crippen molar-refractivity contribution in [1.29, 1.82) is 0 Å². The van der Waals surface area contributed by atoms with E-state index in [2.05, 4.69) is 4.99 Å². The number of phenolic OH excluding ortho intramolecular Hbond substituents is 1. The van der Waals surface area contributed by atoms with E-state index in [-0.39, 0.29) is 16.6 Å². The topological polar surface area (TPSA) is 99.4 Å². The second-order valence-electron chi connectivity index (χ2n) is 6.38. The minimum atomic E-state index is -0.967. The lowest BCUT2D eigenvalue weighted by molar-refractivity contribution is -0.136. The molecule has 156 valence electrons. The molecule has 0 saturated carbocycles. The van der Waals surface area contributed by atoms with E-state index < -0.39 is 17.1 Å². The molecular weight excluding hydrogens is 404 g/mol. The van der Waals surface area contributed by atoms with Crippen LogP contribution in [0.1, 0.15) is 25.8 Å². The van der Waals surface area contributed by atoms with E-state index in [0.717, 1.165) is 11.8 Å². The summed E-state index contributed by atoms with van der Waals surface area (Å²) in [4.78, 5) is 30.5. The number of anilines is 1. The van der Waals surface area contributed by atoms with Crippen LogP contribution < -0.4 is 9.64 Å². The number of aliphatic imine (C=N–C) groups is 1. The van der Waals surface area contributed by atoms with Gasteiger partial charge in [0.15, 0.2) is 16.7 Å². The normalized spacial score (nSPS) is 15.9. The summed E-state index contributed by atoms with van der Waals surface area (Å²) in [7, 11) is 0. The van der Waals surface area contributed by atoms with E-state index >= 15 is 0 Å². The zero-order valence-electron chi connectivity index (χ0n) is 16.6. The molecule has 0 spiro atoms. The molecule has 0 saturated heterocycles. The van der Waals surface area contributed by atoms with Gasteiger partial charge in [-0.05, 0) is 37.6 Å². The zero-order chi connectivity index (χ0) is 21.7. The lowest BCUT2D eigenvalue weighted by Gasteiger charge is -2.19. The number of ether oxygens (including phenoxy) is 1. The van der Waals surface area contributed by atoms with Gasteiger partial charge in [-0.15, -0.1) is 0 Å². The Bertz CT molecular complexity index is 1000. The summed E-state index contributed by atoms with van der Waals surface area (Å²) in [6.45, 7) is 3.97. The molecule has 0 aromatic heterocycles. The summed E-state index contributed by atoms with van der Waals surface area (Å²) in [6, 6.07) is 13.9. The molecule has 0 radical (unpaired) electrons. The smallest absolute Gasteiger partial charge is 0.317 e. The standard InChI is InChI=1S/C22H22N2O5S/c1-3-18(21(27)28)30-22-23-16(20(26)24(22)15-10-6-5-7-11-15)13-14-9-8-12-17(19(14)25)29-4-2/h5-13,18,25H,3-4H2,1-2H3,(H,27,28)/b16-13+. The lowest BCUT2D eigenvalue weighted by Crippen LogP contribution is -2.32. The Balaban J connectivity index is 2.03. The van der Waals surface area contributed by atoms with Crippen LogP contribution in [0.3, 0.4) is 0 Å². The van der Waals surface area contributed by atoms with Gasteiger partial charge in [-0.1, -0.05) is 49.0 Å². The molecule has 1 atom stereocenters. The maximum atomic E-state index is 13.2. The average Bonchev–Trinajstić information content (AvgIpc) is 3.04. The number of aromatic hydroxyl groups is 1. The maximum absolute atomic E-state index is 13.2. The van der Waals surface area contributed by atoms with E-state index in [4.69, 9.17) is 4.74 Å². The summed E-state index contributed by atoms with van der Waals surface area (Å²) in [5.41, 5.74) is 1.08. The fourth-order valence-corrected chi connectivity index (χ4v) is 3.86. The quantitative estimate of drug-likeness (QED) is 0.646. The average molecular weight is 426 g/mol. The molecule has 2 aromatic carbocycles. The number of carboxylic acids is 1. The van der Waals surface area contributed by atoms with Crippen LogP contribution in [-0.2, 0) is 9.59 Å². The van der Waals surface area contributed by atoms with Crippen LogP contribution in [0.4, 0.5) is 5.69 Å². The van der Waals surface area contributed by atoms with Crippen molar-refractivity contribution in [3.05, 3.63) is 59.8 Å². The highest BCUT2D eigenvalue weighted by Crippen LogP contribution is 2.35. The van der Waals surface area contributed by atoms with Crippen molar-refractivity contribution >= 4 is 40.6 Å². The number of nitrogens with zero attached hydrogens (tertiary/aromatic N) is 2. The highest BCUT2D eigenvalue weighted by molar-refractivity contribution is 8.15. The molecule has 7 nitrogen and oxygen atoms in total. The van der Waals surface area contributed by atoms with E-state index in [1.807, 2.05) is 13.0 Å². The fraction of sp³-hybridized carbons (Fsp3) is 0.227. The molecule has 1 heterocycles. The van der Waals surface area contributed by atoms with Crippen molar-refractivity contribution < 1.29 is 24.5 Å². The molecule has 1 amide bonds. The van der Waals surface area contributed by atoms with Crippen LogP contribution in [0, 0.1) is 0 Å². The second-order valence-corrected chi connectivity index (χ2v) is 7.55. The van der Waals surface area contributed by atoms with E-state index in [1.54, 1.807) is 49.4 Å². The van der Waals surface area contributed by atoms with Gasteiger partial charge in [0.1, 0.15) is 10.9 Å². The van der Waals surface area contributed by atoms with Crippen LogP contribution in [0.5, 0.6) is 11.5 Å². The number of carboxylic acid groups (broad SMARTS) is 1. The molecule has 1 unspecified atom stereocenters. The van der Waals surface area contributed by atoms with Gasteiger partial charge in [0.2, 0.25) is 0 Å². The van der Waals surface area contributed by atoms with Gasteiger partial charge in [0, 0.05) is 5.56 Å². The first-order valence-electron chi connectivity index (χ1n) is 9.50. The Morgan fingerprint density at radius 1 is 1.20 bits per heavy atom. The molecule has 1 aliphatic rings. The molecule has 2 aromatic rings. The molecule has 0 bridgehead atoms. The van der Waals surface area contributed by atoms with Crippen LogP contribution in [0.2, 0.25) is 0 Å². The first kappa shape index (κ1) is 21.4. The highest BCUT2D eigenvalue weighted by Gasteiger charge is 2.34. The maximum Gasteiger partial charge on any atom is 0.317 e. The van der Waals surface area contributed by atoms with E-state index in [0.29, 0.717) is 30.0 Å². The minimum absolute atomic E-state index is 0.0841. The fourth-order valence-electron chi connectivity index (χ4n) is 2.89.